The van der Waals surface area contributed by atoms with Crippen molar-refractivity contribution >= 4 is 17.6 Å². The van der Waals surface area contributed by atoms with E-state index in [1.165, 1.54) is 10.9 Å². The number of aromatic nitrogens is 3. The van der Waals surface area contributed by atoms with Crippen LogP contribution in [0.3, 0.4) is 0 Å². The molecule has 4 N–H and O–H groups in total. The molecule has 8 nitrogen and oxygen atoms in total. The summed E-state index contributed by atoms with van der Waals surface area (Å²) in [5.74, 6) is -1.28. The number of amides is 1. The van der Waals surface area contributed by atoms with E-state index in [1.807, 2.05) is 0 Å². The van der Waals surface area contributed by atoms with Gasteiger partial charge in [-0.3, -0.25) is 14.3 Å². The number of nitrogens with zero attached hydrogens (tertiary/aromatic N) is 3. The number of hydrogen-bond donors (Lipinski definition) is 3. The molecule has 2 rings (SSSR count). The van der Waals surface area contributed by atoms with Crippen molar-refractivity contribution in [2.75, 3.05) is 11.9 Å². The highest BCUT2D eigenvalue weighted by atomic mass is 16.4. The van der Waals surface area contributed by atoms with Crippen LogP contribution in [-0.4, -0.2) is 38.5 Å². The molecule has 1 amide bonds. The molecule has 2 aromatic rings. The third-order valence-electron chi connectivity index (χ3n) is 2.70. The van der Waals surface area contributed by atoms with Gasteiger partial charge in [-0.25, -0.2) is 0 Å². The summed E-state index contributed by atoms with van der Waals surface area (Å²) < 4.78 is 1.49. The number of nitrogens with two attached hydrogens (primary N) is 1. The van der Waals surface area contributed by atoms with Crippen LogP contribution in [0.4, 0.5) is 5.69 Å². The zero-order chi connectivity index (χ0) is 15.2. The first-order valence-electron chi connectivity index (χ1n) is 6.31. The molecule has 0 bridgehead atoms. The molecule has 110 valence electrons. The Morgan fingerprint density at radius 3 is 2.62 bits per heavy atom. The molecule has 0 atom stereocenters. The number of carbonyl (C=O) groups is 2. The first kappa shape index (κ1) is 14.7. The van der Waals surface area contributed by atoms with E-state index < -0.39 is 5.97 Å². The molecule has 1 aromatic carbocycles. The molecule has 21 heavy (non-hydrogen) atoms. The second kappa shape index (κ2) is 6.62. The molecule has 1 heterocycles. The molecule has 0 aliphatic heterocycles. The van der Waals surface area contributed by atoms with Gasteiger partial charge in [0.1, 0.15) is 0 Å². The molecular formula is C13H15N5O3. The van der Waals surface area contributed by atoms with Gasteiger partial charge in [-0.05, 0) is 17.7 Å². The van der Waals surface area contributed by atoms with Crippen molar-refractivity contribution in [2.45, 2.75) is 13.0 Å². The van der Waals surface area contributed by atoms with Gasteiger partial charge < -0.3 is 16.2 Å². The molecule has 0 aliphatic rings. The summed E-state index contributed by atoms with van der Waals surface area (Å²) in [5.41, 5.74) is 6.80. The zero-order valence-electron chi connectivity index (χ0n) is 11.2. The fraction of sp³-hybridized carbons (Fsp3) is 0.231. The number of carboxylic acid groups (broad SMARTS) is 1. The summed E-state index contributed by atoms with van der Waals surface area (Å²) in [7, 11) is 0. The van der Waals surface area contributed by atoms with Gasteiger partial charge in [0.05, 0.1) is 19.2 Å². The van der Waals surface area contributed by atoms with Crippen molar-refractivity contribution in [1.82, 2.24) is 15.0 Å². The average molecular weight is 289 g/mol. The van der Waals surface area contributed by atoms with E-state index >= 15 is 0 Å². The van der Waals surface area contributed by atoms with Crippen LogP contribution in [0.15, 0.2) is 30.5 Å². The van der Waals surface area contributed by atoms with Crippen LogP contribution in [-0.2, 0) is 17.8 Å². The lowest BCUT2D eigenvalue weighted by Crippen LogP contribution is -2.13. The minimum atomic E-state index is -0.900. The molecule has 0 spiro atoms. The topological polar surface area (TPSA) is 123 Å². The van der Waals surface area contributed by atoms with Crippen LogP contribution in [0.5, 0.6) is 0 Å². The van der Waals surface area contributed by atoms with Crippen LogP contribution in [0.1, 0.15) is 16.1 Å². The van der Waals surface area contributed by atoms with Crippen LogP contribution < -0.4 is 11.1 Å². The Labute approximate surface area is 120 Å². The Morgan fingerprint density at radius 1 is 1.29 bits per heavy atom. The predicted octanol–water partition coefficient (Wildman–Crippen LogP) is 0.116. The van der Waals surface area contributed by atoms with E-state index in [0.29, 0.717) is 24.3 Å². The lowest BCUT2D eigenvalue weighted by Gasteiger charge is -2.03. The molecule has 0 saturated carbocycles. The van der Waals surface area contributed by atoms with E-state index in [4.69, 9.17) is 10.8 Å². The summed E-state index contributed by atoms with van der Waals surface area (Å²) in [4.78, 5) is 22.5. The van der Waals surface area contributed by atoms with E-state index in [2.05, 4.69) is 15.6 Å². The summed E-state index contributed by atoms with van der Waals surface area (Å²) >= 11 is 0. The van der Waals surface area contributed by atoms with Crippen molar-refractivity contribution in [3.63, 3.8) is 0 Å². The smallest absolute Gasteiger partial charge is 0.307 e. The van der Waals surface area contributed by atoms with Gasteiger partial charge >= 0.3 is 5.97 Å². The summed E-state index contributed by atoms with van der Waals surface area (Å²) in [5, 5.41) is 18.9. The summed E-state index contributed by atoms with van der Waals surface area (Å²) in [6, 6.07) is 6.57. The molecule has 8 heteroatoms. The minimum absolute atomic E-state index is 0.0539. The molecule has 0 unspecified atom stereocenters. The maximum Gasteiger partial charge on any atom is 0.307 e. The summed E-state index contributed by atoms with van der Waals surface area (Å²) in [6.07, 6.45) is 1.46. The van der Waals surface area contributed by atoms with Crippen LogP contribution in [0.25, 0.3) is 0 Å². The minimum Gasteiger partial charge on any atom is -0.481 e. The number of benzene rings is 1. The number of carbonyl (C=O) groups excluding carboxylic acids is 1. The highest BCUT2D eigenvalue weighted by Crippen LogP contribution is 2.11. The van der Waals surface area contributed by atoms with Crippen LogP contribution in [0, 0.1) is 0 Å². The van der Waals surface area contributed by atoms with Crippen molar-refractivity contribution < 1.29 is 14.7 Å². The molecule has 0 fully saturated rings. The lowest BCUT2D eigenvalue weighted by molar-refractivity contribution is -0.136. The maximum absolute atomic E-state index is 11.9. The molecule has 0 saturated heterocycles. The second-order valence-corrected chi connectivity index (χ2v) is 4.38. The number of carboxylic acids is 1. The van der Waals surface area contributed by atoms with Gasteiger partial charge in [0.2, 0.25) is 0 Å². The molecule has 0 aliphatic carbocycles. The Kier molecular flexibility index (Phi) is 4.62. The van der Waals surface area contributed by atoms with Crippen molar-refractivity contribution in [1.29, 1.82) is 0 Å². The number of anilines is 1. The van der Waals surface area contributed by atoms with Gasteiger partial charge in [0.25, 0.3) is 5.91 Å². The molecular weight excluding hydrogens is 274 g/mol. The van der Waals surface area contributed by atoms with Crippen LogP contribution >= 0.6 is 0 Å². The Hall–Kier alpha value is -2.74. The van der Waals surface area contributed by atoms with Gasteiger partial charge in [-0.15, -0.1) is 5.10 Å². The number of rotatable bonds is 6. The normalized spacial score (nSPS) is 10.3. The van der Waals surface area contributed by atoms with E-state index in [0.717, 1.165) is 0 Å². The van der Waals surface area contributed by atoms with Crippen molar-refractivity contribution in [3.8, 4) is 0 Å². The third-order valence-corrected chi connectivity index (χ3v) is 2.70. The fourth-order valence-electron chi connectivity index (χ4n) is 1.72. The number of nitrogens with one attached hydrogen (secondary N) is 1. The van der Waals surface area contributed by atoms with Crippen molar-refractivity contribution in [2.24, 2.45) is 5.73 Å². The van der Waals surface area contributed by atoms with Crippen LogP contribution in [0.2, 0.25) is 0 Å². The standard InChI is InChI=1S/C13H15N5O3/c14-5-6-18-8-11(16-17-18)13(21)15-10-3-1-9(2-4-10)7-12(19)20/h1-4,8H,5-7,14H2,(H,15,21)(H,19,20). The first-order valence-corrected chi connectivity index (χ1v) is 6.31. The largest absolute Gasteiger partial charge is 0.481 e. The number of aliphatic carboxylic acids is 1. The molecule has 1 aromatic heterocycles. The Balaban J connectivity index is 1.99. The fourth-order valence-corrected chi connectivity index (χ4v) is 1.72. The van der Waals surface area contributed by atoms with E-state index in [9.17, 15) is 9.59 Å². The van der Waals surface area contributed by atoms with Gasteiger partial charge in [-0.2, -0.15) is 0 Å². The number of hydrogen-bond acceptors (Lipinski definition) is 5. The highest BCUT2D eigenvalue weighted by molar-refractivity contribution is 6.02. The van der Waals surface area contributed by atoms with Gasteiger partial charge in [0, 0.05) is 12.2 Å². The zero-order valence-corrected chi connectivity index (χ0v) is 11.2. The third kappa shape index (κ3) is 4.11. The SMILES string of the molecule is NCCn1cc(C(=O)Nc2ccc(CC(=O)O)cc2)nn1. The van der Waals surface area contributed by atoms with E-state index in [1.54, 1.807) is 24.3 Å². The van der Waals surface area contributed by atoms with Gasteiger partial charge in [-0.1, -0.05) is 17.3 Å². The average Bonchev–Trinajstić information content (AvgIpc) is 2.89. The Morgan fingerprint density at radius 2 is 2.00 bits per heavy atom. The van der Waals surface area contributed by atoms with Gasteiger partial charge in [0.15, 0.2) is 5.69 Å². The summed E-state index contributed by atoms with van der Waals surface area (Å²) in [6.45, 7) is 0.902. The molecule has 0 radical (unpaired) electrons. The quantitative estimate of drug-likeness (QED) is 0.694. The highest BCUT2D eigenvalue weighted by Gasteiger charge is 2.11. The van der Waals surface area contributed by atoms with Crippen molar-refractivity contribution in [3.05, 3.63) is 41.7 Å². The first-order chi connectivity index (χ1) is 10.1. The maximum atomic E-state index is 11.9. The predicted molar refractivity (Wildman–Crippen MR) is 74.8 cm³/mol. The second-order valence-electron chi connectivity index (χ2n) is 4.38. The lowest BCUT2D eigenvalue weighted by atomic mass is 10.1. The monoisotopic (exact) mass is 289 g/mol. The van der Waals surface area contributed by atoms with E-state index in [-0.39, 0.29) is 18.0 Å². The Bertz CT molecular complexity index is 636.